The van der Waals surface area contributed by atoms with Gasteiger partial charge in [-0.2, -0.15) is 0 Å². The molecule has 3 aliphatic heterocycles. The van der Waals surface area contributed by atoms with E-state index in [-0.39, 0.29) is 16.7 Å². The van der Waals surface area contributed by atoms with Crippen molar-refractivity contribution < 1.29 is 19.1 Å². The number of hydrogen-bond acceptors (Lipinski definition) is 7. The smallest absolute Gasteiger partial charge is 0.304 e. The number of hydrogen-bond donors (Lipinski definition) is 1. The first kappa shape index (κ1) is 26.5. The number of pyridine rings is 1. The van der Waals surface area contributed by atoms with E-state index in [0.717, 1.165) is 75.4 Å². The van der Waals surface area contributed by atoms with E-state index in [9.17, 15) is 14.4 Å². The lowest BCUT2D eigenvalue weighted by Gasteiger charge is -2.24. The van der Waals surface area contributed by atoms with E-state index in [1.807, 2.05) is 21.9 Å². The molecule has 0 bridgehead atoms. The summed E-state index contributed by atoms with van der Waals surface area (Å²) in [6, 6.07) is 3.81. The fraction of sp³-hybridized carbons (Fsp3) is 0.655. The highest BCUT2D eigenvalue weighted by atomic mass is 32.1. The molecule has 1 aliphatic carbocycles. The van der Waals surface area contributed by atoms with Crippen molar-refractivity contribution in [3.63, 3.8) is 0 Å². The van der Waals surface area contributed by atoms with Crippen molar-refractivity contribution in [2.45, 2.75) is 57.3 Å². The maximum Gasteiger partial charge on any atom is 0.304 e. The summed E-state index contributed by atoms with van der Waals surface area (Å²) in [6.45, 7) is 5.13. The number of carbonyl (C=O) groups excluding carboxylic acids is 2. The summed E-state index contributed by atoms with van der Waals surface area (Å²) in [5.41, 5.74) is 1.67. The predicted octanol–water partition coefficient (Wildman–Crippen LogP) is 3.46. The number of aromatic nitrogens is 2. The van der Waals surface area contributed by atoms with Crippen LogP contribution in [-0.4, -0.2) is 77.6 Å². The van der Waals surface area contributed by atoms with Gasteiger partial charge in [-0.05, 0) is 68.8 Å². The zero-order valence-corrected chi connectivity index (χ0v) is 23.3. The van der Waals surface area contributed by atoms with Gasteiger partial charge < -0.3 is 24.3 Å². The number of rotatable bonds is 8. The first-order chi connectivity index (χ1) is 19.0. The first-order valence-electron chi connectivity index (χ1n) is 14.5. The van der Waals surface area contributed by atoms with Crippen molar-refractivity contribution in [2.75, 3.05) is 46.0 Å². The predicted molar refractivity (Wildman–Crippen MR) is 147 cm³/mol. The number of likely N-dealkylation sites (tertiary alicyclic amines) is 2. The van der Waals surface area contributed by atoms with Crippen molar-refractivity contribution in [2.24, 2.45) is 17.8 Å². The summed E-state index contributed by atoms with van der Waals surface area (Å²) >= 11 is 1.18. The third kappa shape index (κ3) is 6.54. The Morgan fingerprint density at radius 2 is 1.77 bits per heavy atom. The van der Waals surface area contributed by atoms with Gasteiger partial charge in [0, 0.05) is 80.1 Å². The summed E-state index contributed by atoms with van der Waals surface area (Å²) < 4.78 is 11.6. The number of thiazole rings is 1. The van der Waals surface area contributed by atoms with Gasteiger partial charge >= 0.3 is 4.87 Å². The highest BCUT2D eigenvalue weighted by molar-refractivity contribution is 7.09. The number of nitrogens with one attached hydrogen (secondary N) is 1. The maximum absolute atomic E-state index is 13.7. The van der Waals surface area contributed by atoms with Crippen LogP contribution in [0.25, 0.3) is 0 Å². The van der Waals surface area contributed by atoms with Gasteiger partial charge in [0.25, 0.3) is 5.91 Å². The zero-order valence-electron chi connectivity index (χ0n) is 22.4. The van der Waals surface area contributed by atoms with E-state index in [0.29, 0.717) is 67.7 Å². The van der Waals surface area contributed by atoms with Crippen LogP contribution in [0.1, 0.15) is 71.8 Å². The molecule has 0 spiro atoms. The minimum atomic E-state index is -0.0748. The molecule has 1 saturated carbocycles. The fourth-order valence-electron chi connectivity index (χ4n) is 6.19. The van der Waals surface area contributed by atoms with Crippen LogP contribution in [0.5, 0.6) is 5.88 Å². The van der Waals surface area contributed by atoms with Crippen molar-refractivity contribution in [3.05, 3.63) is 44.1 Å². The van der Waals surface area contributed by atoms with Crippen LogP contribution in [0, 0.1) is 17.8 Å². The molecule has 210 valence electrons. The molecule has 2 atom stereocenters. The molecule has 6 rings (SSSR count). The summed E-state index contributed by atoms with van der Waals surface area (Å²) in [5, 5.41) is 0. The van der Waals surface area contributed by atoms with Gasteiger partial charge in [0.2, 0.25) is 11.8 Å². The molecule has 39 heavy (non-hydrogen) atoms. The standard InChI is InChI=1S/C29H38N4O5S/c34-27(4-3-24-15-30-29(36)39-24)33-16-21-5-9-32(10-6-22(21)17-33)28(35)23-13-25(20-1-2-20)31-26(14-23)38-18-19-7-11-37-12-8-19/h13-15,19-22H,1-12,16-18H2,(H,30,36). The van der Waals surface area contributed by atoms with Gasteiger partial charge in [0.05, 0.1) is 6.61 Å². The van der Waals surface area contributed by atoms with Crippen molar-refractivity contribution >= 4 is 23.2 Å². The number of fused-ring (bicyclic) bond motifs is 1. The van der Waals surface area contributed by atoms with Crippen LogP contribution in [0.4, 0.5) is 0 Å². The molecule has 2 aromatic heterocycles. The average molecular weight is 555 g/mol. The Bertz CT molecular complexity index is 1220. The third-order valence-corrected chi connectivity index (χ3v) is 9.68. The quantitative estimate of drug-likeness (QED) is 0.536. The van der Waals surface area contributed by atoms with Crippen LogP contribution in [-0.2, 0) is 16.0 Å². The van der Waals surface area contributed by atoms with Gasteiger partial charge in [-0.15, -0.1) is 0 Å². The molecule has 0 aromatic carbocycles. The van der Waals surface area contributed by atoms with E-state index in [1.54, 1.807) is 6.20 Å². The molecule has 10 heteroatoms. The van der Waals surface area contributed by atoms with Crippen LogP contribution in [0.2, 0.25) is 0 Å². The number of nitrogens with zero attached hydrogens (tertiary/aromatic N) is 3. The summed E-state index contributed by atoms with van der Waals surface area (Å²) in [7, 11) is 0. The lowest BCUT2D eigenvalue weighted by Crippen LogP contribution is -2.34. The zero-order chi connectivity index (χ0) is 26.8. The Labute approximate surface area is 232 Å². The second kappa shape index (κ2) is 11.8. The average Bonchev–Trinajstić information content (AvgIpc) is 3.66. The number of ether oxygens (including phenoxy) is 2. The van der Waals surface area contributed by atoms with Crippen molar-refractivity contribution in [3.8, 4) is 5.88 Å². The number of aromatic amines is 1. The minimum Gasteiger partial charge on any atom is -0.477 e. The van der Waals surface area contributed by atoms with Crippen molar-refractivity contribution in [1.82, 2.24) is 19.8 Å². The summed E-state index contributed by atoms with van der Waals surface area (Å²) in [5.74, 6) is 2.56. The van der Waals surface area contributed by atoms with E-state index >= 15 is 0 Å². The number of carbonyl (C=O) groups is 2. The minimum absolute atomic E-state index is 0.0635. The van der Waals surface area contributed by atoms with Gasteiger partial charge in [0.1, 0.15) is 0 Å². The molecular weight excluding hydrogens is 516 g/mol. The Hall–Kier alpha value is -2.72. The summed E-state index contributed by atoms with van der Waals surface area (Å²) in [4.78, 5) is 50.1. The van der Waals surface area contributed by atoms with E-state index in [4.69, 9.17) is 14.5 Å². The van der Waals surface area contributed by atoms with Gasteiger partial charge in [-0.1, -0.05) is 11.3 Å². The number of aryl methyl sites for hydroxylation is 1. The normalized spacial score (nSPS) is 23.9. The molecular formula is C29H38N4O5S. The third-order valence-electron chi connectivity index (χ3n) is 8.79. The molecule has 9 nitrogen and oxygen atoms in total. The highest BCUT2D eigenvalue weighted by Crippen LogP contribution is 2.40. The maximum atomic E-state index is 13.7. The van der Waals surface area contributed by atoms with Crippen LogP contribution >= 0.6 is 11.3 Å². The molecule has 2 amide bonds. The Balaban J connectivity index is 1.04. The van der Waals surface area contributed by atoms with E-state index in [1.165, 1.54) is 11.3 Å². The van der Waals surface area contributed by atoms with Gasteiger partial charge in [-0.3, -0.25) is 14.4 Å². The first-order valence-corrected chi connectivity index (χ1v) is 15.3. The molecule has 2 aromatic rings. The number of amides is 2. The van der Waals surface area contributed by atoms with Crippen LogP contribution in [0.15, 0.2) is 23.1 Å². The highest BCUT2D eigenvalue weighted by Gasteiger charge is 2.38. The van der Waals surface area contributed by atoms with Crippen molar-refractivity contribution in [1.29, 1.82) is 0 Å². The second-order valence-electron chi connectivity index (χ2n) is 11.6. The largest absolute Gasteiger partial charge is 0.477 e. The molecule has 3 saturated heterocycles. The lowest BCUT2D eigenvalue weighted by molar-refractivity contribution is -0.130. The fourth-order valence-corrected chi connectivity index (χ4v) is 6.87. The SMILES string of the molecule is O=C(CCc1c[nH]c(=O)s1)N1CC2CCN(C(=O)c3cc(OCC4CCOCC4)nc(C4CC4)c3)CCC2C1. The molecule has 5 heterocycles. The van der Waals surface area contributed by atoms with E-state index in [2.05, 4.69) is 4.98 Å². The Morgan fingerprint density at radius 3 is 2.44 bits per heavy atom. The molecule has 0 radical (unpaired) electrons. The molecule has 2 unspecified atom stereocenters. The second-order valence-corrected chi connectivity index (χ2v) is 12.7. The molecule has 4 aliphatic rings. The van der Waals surface area contributed by atoms with Crippen LogP contribution < -0.4 is 9.61 Å². The molecule has 1 N–H and O–H groups in total. The summed E-state index contributed by atoms with van der Waals surface area (Å²) in [6.07, 6.45) is 8.81. The lowest BCUT2D eigenvalue weighted by atomic mass is 9.92. The topological polar surface area (TPSA) is 105 Å². The van der Waals surface area contributed by atoms with E-state index < -0.39 is 0 Å². The Morgan fingerprint density at radius 1 is 1.03 bits per heavy atom. The Kier molecular flexibility index (Phi) is 8.02. The monoisotopic (exact) mass is 554 g/mol. The van der Waals surface area contributed by atoms with Gasteiger partial charge in [-0.25, -0.2) is 4.98 Å². The molecule has 4 fully saturated rings. The van der Waals surface area contributed by atoms with Crippen LogP contribution in [0.3, 0.4) is 0 Å². The number of H-pyrrole nitrogens is 1. The van der Waals surface area contributed by atoms with Gasteiger partial charge in [0.15, 0.2) is 0 Å².